The number of oxime groups is 1. The van der Waals surface area contributed by atoms with E-state index in [9.17, 15) is 0 Å². The zero-order valence-electron chi connectivity index (χ0n) is 16.1. The van der Waals surface area contributed by atoms with Crippen LogP contribution in [0.3, 0.4) is 0 Å². The van der Waals surface area contributed by atoms with E-state index in [1.807, 2.05) is 24.3 Å². The number of rotatable bonds is 3. The zero-order chi connectivity index (χ0) is 19.1. The van der Waals surface area contributed by atoms with Crippen LogP contribution in [0.5, 0.6) is 0 Å². The minimum Gasteiger partial charge on any atom is -0.391 e. The van der Waals surface area contributed by atoms with Gasteiger partial charge in [-0.25, -0.2) is 0 Å². The van der Waals surface area contributed by atoms with Crippen LogP contribution < -0.4 is 0 Å². The fourth-order valence-corrected chi connectivity index (χ4v) is 4.14. The first-order valence-electron chi connectivity index (χ1n) is 9.70. The SMILES string of the molecule is CC1(C)C(c2ccccc2)=NO[C@@H]1Cc1nc2ccccc2c2ccccc12. The first-order chi connectivity index (χ1) is 13.6. The summed E-state index contributed by atoms with van der Waals surface area (Å²) in [4.78, 5) is 10.9. The van der Waals surface area contributed by atoms with Gasteiger partial charge in [0, 0.05) is 17.2 Å². The van der Waals surface area contributed by atoms with Crippen molar-refractivity contribution >= 4 is 27.4 Å². The van der Waals surface area contributed by atoms with E-state index in [-0.39, 0.29) is 11.5 Å². The molecule has 0 saturated heterocycles. The van der Waals surface area contributed by atoms with E-state index in [2.05, 4.69) is 73.6 Å². The van der Waals surface area contributed by atoms with Crippen LogP contribution in [0.25, 0.3) is 21.7 Å². The van der Waals surface area contributed by atoms with Gasteiger partial charge in [0.15, 0.2) is 0 Å². The van der Waals surface area contributed by atoms with Gasteiger partial charge in [0.2, 0.25) is 0 Å². The van der Waals surface area contributed by atoms with E-state index in [4.69, 9.17) is 9.82 Å². The van der Waals surface area contributed by atoms with Crippen LogP contribution in [-0.4, -0.2) is 16.8 Å². The molecule has 1 atom stereocenters. The van der Waals surface area contributed by atoms with Crippen LogP contribution in [0, 0.1) is 5.41 Å². The molecule has 4 aromatic rings. The normalized spacial score (nSPS) is 18.2. The van der Waals surface area contributed by atoms with Gasteiger partial charge >= 0.3 is 0 Å². The van der Waals surface area contributed by atoms with Crippen LogP contribution in [0.15, 0.2) is 84.0 Å². The summed E-state index contributed by atoms with van der Waals surface area (Å²) in [5.74, 6) is 0. The fraction of sp³-hybridized carbons (Fsp3) is 0.200. The summed E-state index contributed by atoms with van der Waals surface area (Å²) in [5.41, 5.74) is 4.01. The number of hydrogen-bond donors (Lipinski definition) is 0. The molecular weight excluding hydrogens is 344 g/mol. The van der Waals surface area contributed by atoms with Crippen LogP contribution in [0.4, 0.5) is 0 Å². The van der Waals surface area contributed by atoms with Crippen molar-refractivity contribution in [2.75, 3.05) is 0 Å². The van der Waals surface area contributed by atoms with Gasteiger partial charge in [-0.05, 0) is 17.0 Å². The maximum absolute atomic E-state index is 5.95. The second-order valence-electron chi connectivity index (χ2n) is 7.95. The maximum atomic E-state index is 5.95. The third-order valence-corrected chi connectivity index (χ3v) is 5.80. The lowest BCUT2D eigenvalue weighted by atomic mass is 9.77. The molecule has 5 rings (SSSR count). The lowest BCUT2D eigenvalue weighted by molar-refractivity contribution is 0.0367. The predicted molar refractivity (Wildman–Crippen MR) is 115 cm³/mol. The molecule has 2 heterocycles. The molecule has 1 aliphatic heterocycles. The summed E-state index contributed by atoms with van der Waals surface area (Å²) < 4.78 is 0. The molecule has 0 N–H and O–H groups in total. The van der Waals surface area contributed by atoms with Gasteiger partial charge in [0.05, 0.1) is 22.3 Å². The first kappa shape index (κ1) is 16.9. The Labute approximate surface area is 164 Å². The highest BCUT2D eigenvalue weighted by Crippen LogP contribution is 2.37. The Morgan fingerprint density at radius 3 is 2.21 bits per heavy atom. The number of pyridine rings is 1. The Balaban J connectivity index is 1.56. The minimum absolute atomic E-state index is 0.0558. The van der Waals surface area contributed by atoms with E-state index in [0.717, 1.165) is 28.9 Å². The highest BCUT2D eigenvalue weighted by atomic mass is 16.6. The van der Waals surface area contributed by atoms with Gasteiger partial charge in [-0.3, -0.25) is 4.98 Å². The molecule has 28 heavy (non-hydrogen) atoms. The van der Waals surface area contributed by atoms with E-state index >= 15 is 0 Å². The lowest BCUT2D eigenvalue weighted by Crippen LogP contribution is -2.35. The monoisotopic (exact) mass is 366 g/mol. The van der Waals surface area contributed by atoms with E-state index in [0.29, 0.717) is 0 Å². The van der Waals surface area contributed by atoms with Gasteiger partial charge in [-0.1, -0.05) is 91.8 Å². The molecule has 3 heteroatoms. The summed E-state index contributed by atoms with van der Waals surface area (Å²) in [7, 11) is 0. The molecule has 1 aromatic heterocycles. The number of aromatic nitrogens is 1. The van der Waals surface area contributed by atoms with Gasteiger partial charge in [0.25, 0.3) is 0 Å². The third kappa shape index (κ3) is 2.66. The fourth-order valence-electron chi connectivity index (χ4n) is 4.14. The highest BCUT2D eigenvalue weighted by Gasteiger charge is 2.43. The molecule has 1 aliphatic rings. The van der Waals surface area contributed by atoms with Gasteiger partial charge < -0.3 is 4.84 Å². The van der Waals surface area contributed by atoms with Crippen molar-refractivity contribution in [1.82, 2.24) is 4.98 Å². The second-order valence-corrected chi connectivity index (χ2v) is 7.95. The molecule has 0 radical (unpaired) electrons. The maximum Gasteiger partial charge on any atom is 0.143 e. The Morgan fingerprint density at radius 2 is 1.43 bits per heavy atom. The van der Waals surface area contributed by atoms with Crippen LogP contribution in [0.2, 0.25) is 0 Å². The quantitative estimate of drug-likeness (QED) is 0.432. The summed E-state index contributed by atoms with van der Waals surface area (Å²) in [6.45, 7) is 4.42. The first-order valence-corrected chi connectivity index (χ1v) is 9.70. The molecular formula is C25H22N2O. The number of para-hydroxylation sites is 1. The van der Waals surface area contributed by atoms with Crippen molar-refractivity contribution in [3.05, 3.63) is 90.1 Å². The van der Waals surface area contributed by atoms with Crippen molar-refractivity contribution in [2.24, 2.45) is 10.6 Å². The minimum atomic E-state index is -0.199. The summed E-state index contributed by atoms with van der Waals surface area (Å²) >= 11 is 0. The zero-order valence-corrected chi connectivity index (χ0v) is 16.1. The molecule has 0 amide bonds. The van der Waals surface area contributed by atoms with E-state index in [1.54, 1.807) is 0 Å². The van der Waals surface area contributed by atoms with Crippen LogP contribution in [0.1, 0.15) is 25.1 Å². The van der Waals surface area contributed by atoms with Gasteiger partial charge in [-0.15, -0.1) is 0 Å². The summed E-state index contributed by atoms with van der Waals surface area (Å²) in [6.07, 6.45) is 0.665. The summed E-state index contributed by atoms with van der Waals surface area (Å²) in [5, 5.41) is 8.08. The number of nitrogens with zero attached hydrogens (tertiary/aromatic N) is 2. The van der Waals surface area contributed by atoms with Crippen LogP contribution >= 0.6 is 0 Å². The third-order valence-electron chi connectivity index (χ3n) is 5.80. The van der Waals surface area contributed by atoms with Gasteiger partial charge in [0.1, 0.15) is 6.10 Å². The van der Waals surface area contributed by atoms with Crippen molar-refractivity contribution in [2.45, 2.75) is 26.4 Å². The van der Waals surface area contributed by atoms with Crippen molar-refractivity contribution in [1.29, 1.82) is 0 Å². The average molecular weight is 366 g/mol. The molecule has 138 valence electrons. The van der Waals surface area contributed by atoms with Crippen molar-refractivity contribution in [3.8, 4) is 0 Å². The van der Waals surface area contributed by atoms with Gasteiger partial charge in [-0.2, -0.15) is 0 Å². The number of benzene rings is 3. The summed E-state index contributed by atoms with van der Waals surface area (Å²) in [6, 6.07) is 27.1. The lowest BCUT2D eigenvalue weighted by Gasteiger charge is -2.26. The molecule has 0 aliphatic carbocycles. The standard InChI is InChI=1S/C25H22N2O/c1-25(2)23(28-27-24(25)17-10-4-3-5-11-17)16-22-20-14-7-6-12-18(20)19-13-8-9-15-21(19)26-22/h3-15,23H,16H2,1-2H3/t23-/m1/s1. The topological polar surface area (TPSA) is 34.5 Å². The Bertz CT molecular complexity index is 1200. The number of fused-ring (bicyclic) bond motifs is 3. The second kappa shape index (κ2) is 6.45. The molecule has 3 nitrogen and oxygen atoms in total. The molecule has 0 spiro atoms. The molecule has 0 saturated carbocycles. The molecule has 0 fully saturated rings. The molecule has 0 unspecified atom stereocenters. The van der Waals surface area contributed by atoms with Crippen molar-refractivity contribution in [3.63, 3.8) is 0 Å². The average Bonchev–Trinajstić information content (AvgIpc) is 3.03. The highest BCUT2D eigenvalue weighted by molar-refractivity contribution is 6.07. The Hall–Kier alpha value is -3.20. The molecule has 0 bridgehead atoms. The predicted octanol–water partition coefficient (Wildman–Crippen LogP) is 5.76. The van der Waals surface area contributed by atoms with E-state index in [1.165, 1.54) is 16.2 Å². The van der Waals surface area contributed by atoms with Crippen LogP contribution in [-0.2, 0) is 11.3 Å². The Kier molecular flexibility index (Phi) is 3.90. The smallest absolute Gasteiger partial charge is 0.143 e. The Morgan fingerprint density at radius 1 is 0.786 bits per heavy atom. The van der Waals surface area contributed by atoms with E-state index < -0.39 is 0 Å². The number of hydrogen-bond acceptors (Lipinski definition) is 3. The van der Waals surface area contributed by atoms with Crippen molar-refractivity contribution < 1.29 is 4.84 Å². The molecule has 3 aromatic carbocycles. The largest absolute Gasteiger partial charge is 0.391 e.